The minimum atomic E-state index is 1.04. The second-order valence-corrected chi connectivity index (χ2v) is 6.60. The maximum absolute atomic E-state index is 4.44. The van der Waals surface area contributed by atoms with Gasteiger partial charge in [0.05, 0.1) is 10.6 Å². The zero-order valence-corrected chi connectivity index (χ0v) is 13.6. The number of aromatic amines is 1. The molecule has 1 heterocycles. The van der Waals surface area contributed by atoms with E-state index in [0.29, 0.717) is 0 Å². The molecule has 4 heteroatoms. The SMILES string of the molecule is CSc1n[nH]c(-c2ccccc2)c1Sc1ccc(C)cc1. The number of aryl methyl sites for hydroxylation is 1. The number of benzene rings is 2. The van der Waals surface area contributed by atoms with Crippen molar-refractivity contribution in [1.29, 1.82) is 0 Å². The summed E-state index contributed by atoms with van der Waals surface area (Å²) in [6.07, 6.45) is 2.06. The van der Waals surface area contributed by atoms with E-state index >= 15 is 0 Å². The Balaban J connectivity index is 2.00. The Morgan fingerprint density at radius 2 is 1.67 bits per heavy atom. The average Bonchev–Trinajstić information content (AvgIpc) is 2.93. The molecular formula is C17H16N2S2. The summed E-state index contributed by atoms with van der Waals surface area (Å²) in [5.41, 5.74) is 3.53. The molecule has 21 heavy (non-hydrogen) atoms. The summed E-state index contributed by atoms with van der Waals surface area (Å²) in [6, 6.07) is 18.9. The van der Waals surface area contributed by atoms with Crippen LogP contribution in [0.5, 0.6) is 0 Å². The molecule has 0 bridgehead atoms. The molecule has 0 aliphatic rings. The molecular weight excluding hydrogens is 296 g/mol. The lowest BCUT2D eigenvalue weighted by Gasteiger charge is -2.05. The minimum Gasteiger partial charge on any atom is -0.276 e. The van der Waals surface area contributed by atoms with Crippen LogP contribution in [-0.4, -0.2) is 16.5 Å². The molecule has 0 aliphatic heterocycles. The first kappa shape index (κ1) is 14.3. The quantitative estimate of drug-likeness (QED) is 0.666. The first-order valence-corrected chi connectivity index (χ1v) is 8.74. The molecule has 3 rings (SSSR count). The molecule has 106 valence electrons. The number of H-pyrrole nitrogens is 1. The molecule has 2 aromatic carbocycles. The molecule has 2 nitrogen and oxygen atoms in total. The monoisotopic (exact) mass is 312 g/mol. The molecule has 0 saturated heterocycles. The standard InChI is InChI=1S/C17H16N2S2/c1-12-8-10-14(11-9-12)21-16-15(18-19-17(16)20-2)13-6-4-3-5-7-13/h3-11H,1-2H3,(H,18,19). The largest absolute Gasteiger partial charge is 0.276 e. The van der Waals surface area contributed by atoms with Gasteiger partial charge in [0, 0.05) is 10.5 Å². The summed E-state index contributed by atoms with van der Waals surface area (Å²) in [6.45, 7) is 2.11. The van der Waals surface area contributed by atoms with Gasteiger partial charge in [-0.2, -0.15) is 5.10 Å². The van der Waals surface area contributed by atoms with Crippen molar-refractivity contribution in [2.75, 3.05) is 6.26 Å². The van der Waals surface area contributed by atoms with Gasteiger partial charge < -0.3 is 0 Å². The van der Waals surface area contributed by atoms with Crippen LogP contribution in [0.1, 0.15) is 5.56 Å². The summed E-state index contributed by atoms with van der Waals surface area (Å²) < 4.78 is 0. The Morgan fingerprint density at radius 3 is 2.33 bits per heavy atom. The summed E-state index contributed by atoms with van der Waals surface area (Å²) in [7, 11) is 0. The van der Waals surface area contributed by atoms with Gasteiger partial charge in [-0.05, 0) is 25.3 Å². The Bertz CT molecular complexity index is 718. The van der Waals surface area contributed by atoms with Gasteiger partial charge in [0.2, 0.25) is 0 Å². The van der Waals surface area contributed by atoms with Crippen molar-refractivity contribution in [3.05, 3.63) is 60.2 Å². The van der Waals surface area contributed by atoms with E-state index in [9.17, 15) is 0 Å². The predicted octanol–water partition coefficient (Wildman–Crippen LogP) is 5.26. The highest BCUT2D eigenvalue weighted by molar-refractivity contribution is 8.02. The van der Waals surface area contributed by atoms with Crippen LogP contribution < -0.4 is 0 Å². The van der Waals surface area contributed by atoms with E-state index in [2.05, 4.69) is 71.9 Å². The van der Waals surface area contributed by atoms with Gasteiger partial charge in [-0.25, -0.2) is 0 Å². The Kier molecular flexibility index (Phi) is 4.36. The highest BCUT2D eigenvalue weighted by Gasteiger charge is 2.15. The first-order chi connectivity index (χ1) is 10.3. The van der Waals surface area contributed by atoms with Crippen molar-refractivity contribution < 1.29 is 0 Å². The Labute approximate surface area is 133 Å². The lowest BCUT2D eigenvalue weighted by molar-refractivity contribution is 0.993. The number of hydrogen-bond donors (Lipinski definition) is 1. The van der Waals surface area contributed by atoms with Crippen molar-refractivity contribution >= 4 is 23.5 Å². The highest BCUT2D eigenvalue weighted by Crippen LogP contribution is 2.40. The van der Waals surface area contributed by atoms with Crippen molar-refractivity contribution in [2.24, 2.45) is 0 Å². The third kappa shape index (κ3) is 3.17. The van der Waals surface area contributed by atoms with E-state index < -0.39 is 0 Å². The van der Waals surface area contributed by atoms with E-state index in [-0.39, 0.29) is 0 Å². The fraction of sp³-hybridized carbons (Fsp3) is 0.118. The van der Waals surface area contributed by atoms with Crippen molar-refractivity contribution in [2.45, 2.75) is 21.7 Å². The van der Waals surface area contributed by atoms with Crippen molar-refractivity contribution in [3.8, 4) is 11.3 Å². The van der Waals surface area contributed by atoms with E-state index in [1.807, 2.05) is 6.07 Å². The zero-order chi connectivity index (χ0) is 14.7. The molecule has 0 fully saturated rings. The first-order valence-electron chi connectivity index (χ1n) is 6.70. The normalized spacial score (nSPS) is 10.8. The van der Waals surface area contributed by atoms with Gasteiger partial charge in [-0.1, -0.05) is 59.8 Å². The third-order valence-corrected chi connectivity index (χ3v) is 5.11. The number of nitrogens with one attached hydrogen (secondary N) is 1. The van der Waals surface area contributed by atoms with Gasteiger partial charge in [0.1, 0.15) is 5.03 Å². The number of rotatable bonds is 4. The van der Waals surface area contributed by atoms with Crippen LogP contribution in [0.15, 0.2) is 69.4 Å². The molecule has 0 saturated carbocycles. The Hall–Kier alpha value is -1.65. The minimum absolute atomic E-state index is 1.04. The van der Waals surface area contributed by atoms with E-state index in [0.717, 1.165) is 10.7 Å². The Morgan fingerprint density at radius 1 is 0.952 bits per heavy atom. The molecule has 3 aromatic rings. The summed E-state index contributed by atoms with van der Waals surface area (Å²) in [5.74, 6) is 0. The van der Waals surface area contributed by atoms with Crippen LogP contribution in [0.2, 0.25) is 0 Å². The average molecular weight is 312 g/mol. The molecule has 0 spiro atoms. The second kappa shape index (κ2) is 6.41. The molecule has 1 N–H and O–H groups in total. The van der Waals surface area contributed by atoms with Crippen molar-refractivity contribution in [3.63, 3.8) is 0 Å². The van der Waals surface area contributed by atoms with Gasteiger partial charge in [0.15, 0.2) is 0 Å². The number of thioether (sulfide) groups is 1. The van der Waals surface area contributed by atoms with E-state index in [4.69, 9.17) is 0 Å². The topological polar surface area (TPSA) is 28.7 Å². The van der Waals surface area contributed by atoms with Crippen LogP contribution in [0.4, 0.5) is 0 Å². The third-order valence-electron chi connectivity index (χ3n) is 3.19. The van der Waals surface area contributed by atoms with Gasteiger partial charge in [0.25, 0.3) is 0 Å². The van der Waals surface area contributed by atoms with Gasteiger partial charge in [-0.15, -0.1) is 11.8 Å². The van der Waals surface area contributed by atoms with E-state index in [1.54, 1.807) is 23.5 Å². The van der Waals surface area contributed by atoms with Crippen LogP contribution in [0.3, 0.4) is 0 Å². The van der Waals surface area contributed by atoms with Gasteiger partial charge >= 0.3 is 0 Å². The smallest absolute Gasteiger partial charge is 0.132 e. The lowest BCUT2D eigenvalue weighted by Crippen LogP contribution is -1.81. The van der Waals surface area contributed by atoms with E-state index in [1.165, 1.54) is 20.9 Å². The predicted molar refractivity (Wildman–Crippen MR) is 91.1 cm³/mol. The van der Waals surface area contributed by atoms with Crippen LogP contribution in [0.25, 0.3) is 11.3 Å². The van der Waals surface area contributed by atoms with Crippen LogP contribution in [-0.2, 0) is 0 Å². The molecule has 0 atom stereocenters. The van der Waals surface area contributed by atoms with Gasteiger partial charge in [-0.3, -0.25) is 5.10 Å². The maximum Gasteiger partial charge on any atom is 0.132 e. The molecule has 0 unspecified atom stereocenters. The zero-order valence-electron chi connectivity index (χ0n) is 12.0. The molecule has 1 aromatic heterocycles. The number of hydrogen-bond acceptors (Lipinski definition) is 3. The lowest BCUT2D eigenvalue weighted by atomic mass is 10.2. The summed E-state index contributed by atoms with van der Waals surface area (Å²) in [5, 5.41) is 8.66. The van der Waals surface area contributed by atoms with Crippen molar-refractivity contribution in [1.82, 2.24) is 10.2 Å². The highest BCUT2D eigenvalue weighted by atomic mass is 32.2. The fourth-order valence-electron chi connectivity index (χ4n) is 2.07. The second-order valence-electron chi connectivity index (χ2n) is 4.72. The van der Waals surface area contributed by atoms with Crippen LogP contribution in [0, 0.1) is 6.92 Å². The maximum atomic E-state index is 4.44. The van der Waals surface area contributed by atoms with Crippen LogP contribution >= 0.6 is 23.5 Å². The molecule has 0 radical (unpaired) electrons. The fourth-order valence-corrected chi connectivity index (χ4v) is 3.78. The molecule has 0 aliphatic carbocycles. The number of nitrogens with zero attached hydrogens (tertiary/aromatic N) is 1. The summed E-state index contributed by atoms with van der Waals surface area (Å²) >= 11 is 3.43. The summed E-state index contributed by atoms with van der Waals surface area (Å²) in [4.78, 5) is 2.42. The molecule has 0 amide bonds. The number of aromatic nitrogens is 2.